The van der Waals surface area contributed by atoms with Crippen LogP contribution < -0.4 is 0 Å². The van der Waals surface area contributed by atoms with Crippen molar-refractivity contribution in [3.63, 3.8) is 0 Å². The van der Waals surface area contributed by atoms with Crippen molar-refractivity contribution in [1.29, 1.82) is 0 Å². The number of hydrogen-bond acceptors (Lipinski definition) is 1. The van der Waals surface area contributed by atoms with Crippen LogP contribution in [0.25, 0.3) is 0 Å². The van der Waals surface area contributed by atoms with Crippen LogP contribution in [-0.4, -0.2) is 6.26 Å². The SMILES string of the molecule is C=C/C=C\C(=C)C(=C)/C=C\C(=C)SC. The van der Waals surface area contributed by atoms with Gasteiger partial charge in [0.05, 0.1) is 0 Å². The van der Waals surface area contributed by atoms with Gasteiger partial charge in [0.15, 0.2) is 0 Å². The van der Waals surface area contributed by atoms with Crippen LogP contribution >= 0.6 is 11.8 Å². The van der Waals surface area contributed by atoms with E-state index in [2.05, 4.69) is 26.3 Å². The molecule has 1 heteroatoms. The average Bonchev–Trinajstić information content (AvgIpc) is 2.21. The largest absolute Gasteiger partial charge is 0.130 e. The number of hydrogen-bond donors (Lipinski definition) is 0. The third-order valence-corrected chi connectivity index (χ3v) is 2.24. The molecule has 0 aliphatic carbocycles. The zero-order valence-corrected chi connectivity index (χ0v) is 9.44. The van der Waals surface area contributed by atoms with Crippen molar-refractivity contribution in [2.45, 2.75) is 0 Å². The minimum atomic E-state index is 0.884. The quantitative estimate of drug-likeness (QED) is 0.582. The van der Waals surface area contributed by atoms with Crippen LogP contribution in [0.2, 0.25) is 0 Å². The zero-order valence-electron chi connectivity index (χ0n) is 8.62. The molecule has 0 spiro atoms. The Labute approximate surface area is 91.1 Å². The Bertz CT molecular complexity index is 303. The summed E-state index contributed by atoms with van der Waals surface area (Å²) in [5.74, 6) is 0. The summed E-state index contributed by atoms with van der Waals surface area (Å²) in [6.07, 6.45) is 11.3. The molecule has 74 valence electrons. The lowest BCUT2D eigenvalue weighted by molar-refractivity contribution is 1.60. The van der Waals surface area contributed by atoms with E-state index in [0.717, 1.165) is 16.1 Å². The van der Waals surface area contributed by atoms with E-state index < -0.39 is 0 Å². The van der Waals surface area contributed by atoms with Gasteiger partial charge in [0.1, 0.15) is 0 Å². The van der Waals surface area contributed by atoms with Crippen LogP contribution in [0.4, 0.5) is 0 Å². The van der Waals surface area contributed by atoms with Crippen molar-refractivity contribution in [3.8, 4) is 0 Å². The Hall–Kier alpha value is -1.21. The summed E-state index contributed by atoms with van der Waals surface area (Å²) in [7, 11) is 0. The molecule has 0 saturated heterocycles. The third kappa shape index (κ3) is 5.44. The number of thioether (sulfide) groups is 1. The van der Waals surface area contributed by atoms with Crippen molar-refractivity contribution >= 4 is 11.8 Å². The monoisotopic (exact) mass is 204 g/mol. The molecule has 0 aliphatic rings. The normalized spacial score (nSPS) is 10.6. The second kappa shape index (κ2) is 7.22. The molecule has 0 aliphatic heterocycles. The summed E-state index contributed by atoms with van der Waals surface area (Å²) in [4.78, 5) is 1.01. The summed E-state index contributed by atoms with van der Waals surface area (Å²) in [5.41, 5.74) is 1.77. The van der Waals surface area contributed by atoms with Gasteiger partial charge in [-0.15, -0.1) is 11.8 Å². The van der Waals surface area contributed by atoms with Crippen molar-refractivity contribution in [3.05, 3.63) is 72.7 Å². The third-order valence-electron chi connectivity index (χ3n) is 1.58. The van der Waals surface area contributed by atoms with Crippen LogP contribution in [0, 0.1) is 0 Å². The van der Waals surface area contributed by atoms with E-state index in [4.69, 9.17) is 0 Å². The number of allylic oxidation sites excluding steroid dienone is 7. The highest BCUT2D eigenvalue weighted by Crippen LogP contribution is 2.14. The van der Waals surface area contributed by atoms with Gasteiger partial charge in [0.25, 0.3) is 0 Å². The van der Waals surface area contributed by atoms with E-state index in [0.29, 0.717) is 0 Å². The van der Waals surface area contributed by atoms with Crippen molar-refractivity contribution < 1.29 is 0 Å². The van der Waals surface area contributed by atoms with Crippen molar-refractivity contribution in [2.24, 2.45) is 0 Å². The van der Waals surface area contributed by atoms with Crippen molar-refractivity contribution in [1.82, 2.24) is 0 Å². The van der Waals surface area contributed by atoms with Gasteiger partial charge in [-0.2, -0.15) is 0 Å². The fourth-order valence-electron chi connectivity index (χ4n) is 0.660. The fourth-order valence-corrected chi connectivity index (χ4v) is 0.864. The van der Waals surface area contributed by atoms with E-state index in [-0.39, 0.29) is 0 Å². The average molecular weight is 204 g/mol. The summed E-state index contributed by atoms with van der Waals surface area (Å²) in [6, 6.07) is 0. The van der Waals surface area contributed by atoms with Crippen LogP contribution in [0.1, 0.15) is 0 Å². The molecule has 0 unspecified atom stereocenters. The first-order chi connectivity index (χ1) is 6.61. The zero-order chi connectivity index (χ0) is 11.0. The molecule has 0 radical (unpaired) electrons. The molecule has 0 N–H and O–H groups in total. The Balaban J connectivity index is 4.28. The molecule has 0 aromatic carbocycles. The minimum Gasteiger partial charge on any atom is -0.130 e. The van der Waals surface area contributed by atoms with Gasteiger partial charge in [-0.3, -0.25) is 0 Å². The molecular weight excluding hydrogens is 188 g/mol. The lowest BCUT2D eigenvalue weighted by Gasteiger charge is -1.98. The predicted octanol–water partition coefficient (Wildman–Crippen LogP) is 4.27. The lowest BCUT2D eigenvalue weighted by atomic mass is 10.1. The molecule has 0 atom stereocenters. The molecule has 0 nitrogen and oxygen atoms in total. The maximum atomic E-state index is 3.89. The van der Waals surface area contributed by atoms with E-state index in [1.54, 1.807) is 17.8 Å². The second-order valence-corrected chi connectivity index (χ2v) is 3.58. The van der Waals surface area contributed by atoms with Gasteiger partial charge < -0.3 is 0 Å². The van der Waals surface area contributed by atoms with Gasteiger partial charge in [-0.05, 0) is 28.4 Å². The van der Waals surface area contributed by atoms with Crippen LogP contribution in [0.15, 0.2) is 72.7 Å². The van der Waals surface area contributed by atoms with Gasteiger partial charge in [-0.25, -0.2) is 0 Å². The molecule has 0 rings (SSSR count). The van der Waals surface area contributed by atoms with E-state index >= 15 is 0 Å². The van der Waals surface area contributed by atoms with E-state index in [1.165, 1.54) is 0 Å². The Morgan fingerprint density at radius 2 is 1.57 bits per heavy atom. The molecule has 0 aromatic rings. The fraction of sp³-hybridized carbons (Fsp3) is 0.0769. The van der Waals surface area contributed by atoms with Gasteiger partial charge in [0.2, 0.25) is 0 Å². The number of rotatable bonds is 6. The molecular formula is C13H16S. The highest BCUT2D eigenvalue weighted by atomic mass is 32.2. The van der Waals surface area contributed by atoms with E-state index in [1.807, 2.05) is 30.6 Å². The Morgan fingerprint density at radius 3 is 2.07 bits per heavy atom. The first-order valence-corrected chi connectivity index (χ1v) is 5.42. The maximum Gasteiger partial charge on any atom is -0.000264 e. The Kier molecular flexibility index (Phi) is 6.59. The minimum absolute atomic E-state index is 0.884. The molecule has 0 amide bonds. The van der Waals surface area contributed by atoms with Crippen LogP contribution in [-0.2, 0) is 0 Å². The molecule has 0 heterocycles. The summed E-state index contributed by atoms with van der Waals surface area (Å²) >= 11 is 1.61. The maximum absolute atomic E-state index is 3.89. The second-order valence-electron chi connectivity index (χ2n) is 2.65. The Morgan fingerprint density at radius 1 is 1.00 bits per heavy atom. The van der Waals surface area contributed by atoms with Gasteiger partial charge in [-0.1, -0.05) is 50.6 Å². The molecule has 14 heavy (non-hydrogen) atoms. The molecule has 0 saturated carbocycles. The van der Waals surface area contributed by atoms with Gasteiger partial charge in [0, 0.05) is 0 Å². The van der Waals surface area contributed by atoms with E-state index in [9.17, 15) is 0 Å². The van der Waals surface area contributed by atoms with Crippen LogP contribution in [0.5, 0.6) is 0 Å². The molecule has 0 aromatic heterocycles. The standard InChI is InChI=1S/C13H16S/c1-6-7-8-11(2)12(3)9-10-13(4)14-5/h6-10H,1-4H2,5H3/b8-7-,10-9-. The predicted molar refractivity (Wildman–Crippen MR) is 69.4 cm³/mol. The first kappa shape index (κ1) is 12.8. The summed E-state index contributed by atoms with van der Waals surface area (Å²) in [6.45, 7) is 15.2. The van der Waals surface area contributed by atoms with Gasteiger partial charge >= 0.3 is 0 Å². The highest BCUT2D eigenvalue weighted by molar-refractivity contribution is 8.02. The smallest absolute Gasteiger partial charge is 0.000264 e. The topological polar surface area (TPSA) is 0 Å². The summed E-state index contributed by atoms with van der Waals surface area (Å²) < 4.78 is 0. The van der Waals surface area contributed by atoms with Crippen LogP contribution in [0.3, 0.4) is 0 Å². The highest BCUT2D eigenvalue weighted by Gasteiger charge is 1.90. The van der Waals surface area contributed by atoms with Crippen molar-refractivity contribution in [2.75, 3.05) is 6.26 Å². The lowest BCUT2D eigenvalue weighted by Crippen LogP contribution is -1.77. The first-order valence-electron chi connectivity index (χ1n) is 4.20. The molecule has 0 bridgehead atoms. The molecule has 0 fully saturated rings. The summed E-state index contributed by atoms with van der Waals surface area (Å²) in [5, 5.41) is 0.